The molecule has 1 saturated heterocycles. The monoisotopic (exact) mass is 381 g/mol. The maximum atomic E-state index is 12.3. The highest BCUT2D eigenvalue weighted by Crippen LogP contribution is 2.16. The van der Waals surface area contributed by atoms with Crippen molar-refractivity contribution in [3.05, 3.63) is 29.3 Å². The number of carbonyl (C=O) groups excluding carboxylic acids is 1. The van der Waals surface area contributed by atoms with E-state index < -0.39 is 10.0 Å². The lowest BCUT2D eigenvalue weighted by Crippen LogP contribution is -2.34. The lowest BCUT2D eigenvalue weighted by molar-refractivity contribution is -0.120. The minimum atomic E-state index is -3.58. The Labute approximate surface area is 157 Å². The predicted octanol–water partition coefficient (Wildman–Crippen LogP) is 1.96. The summed E-state index contributed by atoms with van der Waals surface area (Å²) in [6.07, 6.45) is 4.94. The van der Waals surface area contributed by atoms with Gasteiger partial charge in [0, 0.05) is 19.5 Å². The molecule has 0 aromatic heterocycles. The number of likely N-dealkylation sites (tertiary alicyclic amines) is 1. The Bertz CT molecular complexity index is 698. The molecule has 6 nitrogen and oxygen atoms in total. The van der Waals surface area contributed by atoms with Gasteiger partial charge in [-0.25, -0.2) is 13.1 Å². The van der Waals surface area contributed by atoms with Crippen LogP contribution in [0.1, 0.15) is 43.2 Å². The zero-order valence-electron chi connectivity index (χ0n) is 15.9. The zero-order valence-corrected chi connectivity index (χ0v) is 16.7. The summed E-state index contributed by atoms with van der Waals surface area (Å²) in [6, 6.07) is 5.22. The fraction of sp³-hybridized carbons (Fsp3) is 0.632. The molecule has 2 N–H and O–H groups in total. The van der Waals surface area contributed by atoms with Crippen LogP contribution in [0.3, 0.4) is 0 Å². The van der Waals surface area contributed by atoms with Gasteiger partial charge in [0.05, 0.1) is 4.90 Å². The molecule has 0 spiro atoms. The zero-order chi connectivity index (χ0) is 19.0. The topological polar surface area (TPSA) is 78.5 Å². The first-order valence-corrected chi connectivity index (χ1v) is 10.9. The van der Waals surface area contributed by atoms with E-state index in [4.69, 9.17) is 0 Å². The first-order valence-electron chi connectivity index (χ1n) is 9.44. The van der Waals surface area contributed by atoms with Gasteiger partial charge in [-0.15, -0.1) is 0 Å². The van der Waals surface area contributed by atoms with Gasteiger partial charge in [0.1, 0.15) is 0 Å². The van der Waals surface area contributed by atoms with E-state index in [1.54, 1.807) is 19.1 Å². The van der Waals surface area contributed by atoms with Crippen molar-refractivity contribution >= 4 is 15.9 Å². The number of hydrogen-bond donors (Lipinski definition) is 2. The predicted molar refractivity (Wildman–Crippen MR) is 104 cm³/mol. The number of sulfonamides is 1. The number of nitrogens with one attached hydrogen (secondary N) is 2. The van der Waals surface area contributed by atoms with E-state index in [0.29, 0.717) is 12.1 Å². The highest BCUT2D eigenvalue weighted by Gasteiger charge is 2.16. The van der Waals surface area contributed by atoms with Gasteiger partial charge in [-0.3, -0.25) is 4.79 Å². The van der Waals surface area contributed by atoms with E-state index in [-0.39, 0.29) is 23.8 Å². The van der Waals surface area contributed by atoms with Crippen LogP contribution in [0.25, 0.3) is 0 Å². The molecule has 1 aliphatic rings. The van der Waals surface area contributed by atoms with Crippen molar-refractivity contribution in [2.75, 3.05) is 32.7 Å². The summed E-state index contributed by atoms with van der Waals surface area (Å²) in [7, 11) is -3.58. The van der Waals surface area contributed by atoms with E-state index in [9.17, 15) is 13.2 Å². The third kappa shape index (κ3) is 6.70. The number of benzene rings is 1. The lowest BCUT2D eigenvalue weighted by Gasteiger charge is -2.26. The van der Waals surface area contributed by atoms with Gasteiger partial charge in [-0.05, 0) is 64.4 Å². The quantitative estimate of drug-likeness (QED) is 0.641. The summed E-state index contributed by atoms with van der Waals surface area (Å²) in [5, 5.41) is 2.87. The van der Waals surface area contributed by atoms with Gasteiger partial charge < -0.3 is 10.2 Å². The number of piperidine rings is 1. The maximum absolute atomic E-state index is 12.3. The number of hydrogen-bond acceptors (Lipinski definition) is 4. The Morgan fingerprint density at radius 3 is 2.54 bits per heavy atom. The molecule has 146 valence electrons. The van der Waals surface area contributed by atoms with Gasteiger partial charge in [-0.2, -0.15) is 0 Å². The van der Waals surface area contributed by atoms with E-state index in [0.717, 1.165) is 31.6 Å². The molecule has 1 heterocycles. The molecule has 2 rings (SSSR count). The van der Waals surface area contributed by atoms with Crippen LogP contribution < -0.4 is 10.0 Å². The molecular formula is C19H31N3O3S. The van der Waals surface area contributed by atoms with Crippen molar-refractivity contribution in [1.82, 2.24) is 14.9 Å². The Morgan fingerprint density at radius 1 is 1.12 bits per heavy atom. The first-order chi connectivity index (χ1) is 12.4. The van der Waals surface area contributed by atoms with Crippen LogP contribution >= 0.6 is 0 Å². The van der Waals surface area contributed by atoms with Crippen LogP contribution in [0.5, 0.6) is 0 Å². The maximum Gasteiger partial charge on any atom is 0.240 e. The van der Waals surface area contributed by atoms with Crippen molar-refractivity contribution in [2.24, 2.45) is 0 Å². The van der Waals surface area contributed by atoms with Crippen LogP contribution in [-0.2, 0) is 14.8 Å². The third-order valence-corrected chi connectivity index (χ3v) is 6.31. The molecular weight excluding hydrogens is 350 g/mol. The molecule has 1 aromatic carbocycles. The second-order valence-corrected chi connectivity index (χ2v) is 8.76. The van der Waals surface area contributed by atoms with Gasteiger partial charge in [0.25, 0.3) is 0 Å². The van der Waals surface area contributed by atoms with Gasteiger partial charge in [-0.1, -0.05) is 24.1 Å². The van der Waals surface area contributed by atoms with E-state index in [1.807, 2.05) is 13.0 Å². The molecule has 0 saturated carbocycles. The molecule has 7 heteroatoms. The Balaban J connectivity index is 1.65. The molecule has 1 aliphatic heterocycles. The van der Waals surface area contributed by atoms with Crippen LogP contribution in [0.4, 0.5) is 0 Å². The number of rotatable bonds is 9. The number of nitrogens with zero attached hydrogens (tertiary/aromatic N) is 1. The molecule has 0 radical (unpaired) electrons. The smallest absolute Gasteiger partial charge is 0.240 e. The van der Waals surface area contributed by atoms with Crippen LogP contribution in [0, 0.1) is 13.8 Å². The fourth-order valence-electron chi connectivity index (χ4n) is 3.28. The van der Waals surface area contributed by atoms with E-state index >= 15 is 0 Å². The molecule has 26 heavy (non-hydrogen) atoms. The standard InChI is InChI=1S/C19H31N3O3S/c1-16-7-8-18(17(2)15-16)26(24,25)21-11-9-19(23)20-10-6-14-22-12-4-3-5-13-22/h7-8,15,21H,3-6,9-14H2,1-2H3,(H,20,23). The van der Waals surface area contributed by atoms with Crippen LogP contribution in [0.15, 0.2) is 23.1 Å². The van der Waals surface area contributed by atoms with Crippen LogP contribution in [0.2, 0.25) is 0 Å². The van der Waals surface area contributed by atoms with Crippen molar-refractivity contribution in [3.8, 4) is 0 Å². The highest BCUT2D eigenvalue weighted by molar-refractivity contribution is 7.89. The minimum Gasteiger partial charge on any atom is -0.356 e. The Kier molecular flexibility index (Phi) is 8.06. The van der Waals surface area contributed by atoms with Gasteiger partial charge >= 0.3 is 0 Å². The van der Waals surface area contributed by atoms with Gasteiger partial charge in [0.2, 0.25) is 15.9 Å². The van der Waals surface area contributed by atoms with Crippen molar-refractivity contribution in [3.63, 3.8) is 0 Å². The normalized spacial score (nSPS) is 15.8. The van der Waals surface area contributed by atoms with Crippen molar-refractivity contribution < 1.29 is 13.2 Å². The summed E-state index contributed by atoms with van der Waals surface area (Å²) in [4.78, 5) is 14.6. The van der Waals surface area contributed by atoms with Crippen molar-refractivity contribution in [2.45, 2.75) is 50.8 Å². The summed E-state index contributed by atoms with van der Waals surface area (Å²) in [5.41, 5.74) is 1.73. The number of amides is 1. The molecule has 0 aliphatic carbocycles. The van der Waals surface area contributed by atoms with Crippen molar-refractivity contribution in [1.29, 1.82) is 0 Å². The summed E-state index contributed by atoms with van der Waals surface area (Å²) in [6.45, 7) is 7.78. The SMILES string of the molecule is Cc1ccc(S(=O)(=O)NCCC(=O)NCCCN2CCCCC2)c(C)c1. The Hall–Kier alpha value is -1.44. The summed E-state index contributed by atoms with van der Waals surface area (Å²) in [5.74, 6) is -0.119. The second kappa shape index (κ2) is 10.0. The fourth-order valence-corrected chi connectivity index (χ4v) is 4.54. The average molecular weight is 382 g/mol. The number of aryl methyl sites for hydroxylation is 2. The Morgan fingerprint density at radius 2 is 1.85 bits per heavy atom. The molecule has 0 unspecified atom stereocenters. The lowest BCUT2D eigenvalue weighted by atomic mass is 10.1. The molecule has 1 fully saturated rings. The molecule has 1 amide bonds. The second-order valence-electron chi connectivity index (χ2n) is 7.02. The summed E-state index contributed by atoms with van der Waals surface area (Å²) < 4.78 is 27.2. The van der Waals surface area contributed by atoms with E-state index in [2.05, 4.69) is 14.9 Å². The average Bonchev–Trinajstić information content (AvgIpc) is 2.59. The van der Waals surface area contributed by atoms with Crippen LogP contribution in [-0.4, -0.2) is 51.9 Å². The largest absolute Gasteiger partial charge is 0.356 e. The molecule has 1 aromatic rings. The van der Waals surface area contributed by atoms with E-state index in [1.165, 1.54) is 19.3 Å². The molecule has 0 atom stereocenters. The van der Waals surface area contributed by atoms with Gasteiger partial charge in [0.15, 0.2) is 0 Å². The molecule has 0 bridgehead atoms. The highest BCUT2D eigenvalue weighted by atomic mass is 32.2. The first kappa shape index (κ1) is 20.9. The number of carbonyl (C=O) groups is 1. The third-order valence-electron chi connectivity index (χ3n) is 4.69. The summed E-state index contributed by atoms with van der Waals surface area (Å²) >= 11 is 0. The minimum absolute atomic E-state index is 0.105.